The maximum absolute atomic E-state index is 13.3. The first-order valence-electron chi connectivity index (χ1n) is 12.7. The van der Waals surface area contributed by atoms with Crippen LogP contribution in [-0.2, 0) is 37.6 Å². The second-order valence-electron chi connectivity index (χ2n) is 9.75. The first kappa shape index (κ1) is 28.9. The Balaban J connectivity index is 1.45. The maximum atomic E-state index is 13.3. The molecular weight excluding hydrogens is 578 g/mol. The van der Waals surface area contributed by atoms with Gasteiger partial charge >= 0.3 is 0 Å². The van der Waals surface area contributed by atoms with E-state index in [9.17, 15) is 26.9 Å². The predicted molar refractivity (Wildman–Crippen MR) is 155 cm³/mol. The lowest BCUT2D eigenvalue weighted by Gasteiger charge is -2.12. The van der Waals surface area contributed by atoms with Crippen molar-refractivity contribution in [1.29, 1.82) is 0 Å². The average molecular weight is 604 g/mol. The van der Waals surface area contributed by atoms with Gasteiger partial charge in [0.1, 0.15) is 5.82 Å². The summed E-state index contributed by atoms with van der Waals surface area (Å²) in [7, 11) is -7.69. The number of para-hydroxylation sites is 2. The Bertz CT molecular complexity index is 2030. The fourth-order valence-corrected chi connectivity index (χ4v) is 7.14. The second-order valence-corrected chi connectivity index (χ2v) is 13.7. The minimum atomic E-state index is -4.01. The lowest BCUT2D eigenvalue weighted by Crippen LogP contribution is -2.11. The molecule has 0 saturated carbocycles. The van der Waals surface area contributed by atoms with Crippen molar-refractivity contribution in [1.82, 2.24) is 19.9 Å². The fraction of sp³-hybridized carbons (Fsp3) is 0.172. The van der Waals surface area contributed by atoms with Crippen molar-refractivity contribution in [3.8, 4) is 0 Å². The van der Waals surface area contributed by atoms with Gasteiger partial charge in [-0.2, -0.15) is 0 Å². The van der Waals surface area contributed by atoms with E-state index >= 15 is 0 Å². The minimum absolute atomic E-state index is 0.123. The van der Waals surface area contributed by atoms with Crippen LogP contribution in [0, 0.1) is 24.0 Å². The first-order valence-corrected chi connectivity index (χ1v) is 16.0. The highest BCUT2D eigenvalue weighted by Gasteiger charge is 2.23. The molecule has 0 spiro atoms. The molecule has 0 radical (unpaired) electrons. The number of nitro benzene ring substituents is 1. The number of hydrogen-bond donors (Lipinski definition) is 0. The third-order valence-electron chi connectivity index (χ3n) is 6.45. The molecule has 13 heteroatoms. The quantitative estimate of drug-likeness (QED) is 0.173. The smallest absolute Gasteiger partial charge is 0.258 e. The molecule has 0 N–H and O–H groups in total. The second kappa shape index (κ2) is 11.3. The highest BCUT2D eigenvalue weighted by atomic mass is 32.2. The van der Waals surface area contributed by atoms with Crippen LogP contribution in [0.5, 0.6) is 0 Å². The number of sulfone groups is 2. The number of aromatic nitrogens is 4. The largest absolute Gasteiger partial charge is 0.270 e. The summed E-state index contributed by atoms with van der Waals surface area (Å²) in [5, 5.41) is 11.2. The van der Waals surface area contributed by atoms with Crippen LogP contribution in [0.2, 0.25) is 0 Å². The normalized spacial score (nSPS) is 12.0. The van der Waals surface area contributed by atoms with E-state index in [1.807, 2.05) is 0 Å². The van der Waals surface area contributed by atoms with Gasteiger partial charge in [-0.15, -0.1) is 0 Å². The molecule has 214 valence electrons. The number of rotatable bonds is 9. The van der Waals surface area contributed by atoms with Crippen LogP contribution in [0.25, 0.3) is 11.0 Å². The number of nitrogens with zero attached hydrogens (tertiary/aromatic N) is 5. The van der Waals surface area contributed by atoms with Gasteiger partial charge in [0.15, 0.2) is 19.7 Å². The van der Waals surface area contributed by atoms with Gasteiger partial charge in [-0.3, -0.25) is 10.1 Å². The summed E-state index contributed by atoms with van der Waals surface area (Å²) < 4.78 is 52.7. The summed E-state index contributed by atoms with van der Waals surface area (Å²) in [6, 6.07) is 19.8. The Hall–Kier alpha value is -4.62. The molecule has 0 bridgehead atoms. The highest BCUT2D eigenvalue weighted by molar-refractivity contribution is 7.91. The summed E-state index contributed by atoms with van der Waals surface area (Å²) in [6.07, 6.45) is 0.183. The van der Waals surface area contributed by atoms with E-state index in [2.05, 4.69) is 19.9 Å². The molecule has 0 amide bonds. The lowest BCUT2D eigenvalue weighted by atomic mass is 10.1. The summed E-state index contributed by atoms with van der Waals surface area (Å²) in [5.74, 6) is -0.298. The van der Waals surface area contributed by atoms with Gasteiger partial charge < -0.3 is 0 Å². The standard InChI is InChI=1S/C29H25N5O6S2/c1-19-14-22(31-20(2)30-19)17-41(37,38)24-12-10-21(11-13-24)15-28-29(33-27-9-4-3-8-26(27)32-28)18-42(39,40)25-7-5-6-23(16-25)34(35)36/h3-14,16H,15,17-18H2,1-2H3. The first-order chi connectivity index (χ1) is 19.9. The van der Waals surface area contributed by atoms with Gasteiger partial charge in [-0.25, -0.2) is 36.8 Å². The Morgan fingerprint density at radius 1 is 0.690 bits per heavy atom. The number of non-ortho nitro benzene ring substituents is 1. The molecule has 42 heavy (non-hydrogen) atoms. The molecule has 0 aliphatic heterocycles. The molecule has 0 aliphatic rings. The summed E-state index contributed by atoms with van der Waals surface area (Å²) >= 11 is 0. The van der Waals surface area contributed by atoms with Crippen molar-refractivity contribution in [2.45, 2.75) is 41.6 Å². The molecule has 0 fully saturated rings. The SMILES string of the molecule is Cc1cc(CS(=O)(=O)c2ccc(Cc3nc4ccccc4nc3CS(=O)(=O)c3cccc([N+](=O)[O-])c3)cc2)nc(C)n1. The molecule has 0 saturated heterocycles. The zero-order chi connectivity index (χ0) is 30.1. The summed E-state index contributed by atoms with van der Waals surface area (Å²) in [4.78, 5) is 28.1. The lowest BCUT2D eigenvalue weighted by molar-refractivity contribution is -0.385. The molecule has 11 nitrogen and oxygen atoms in total. The predicted octanol–water partition coefficient (Wildman–Crippen LogP) is 4.48. The Morgan fingerprint density at radius 2 is 1.33 bits per heavy atom. The number of benzene rings is 3. The molecule has 5 aromatic rings. The molecule has 2 aromatic heterocycles. The molecular formula is C29H25N5O6S2. The van der Waals surface area contributed by atoms with E-state index in [1.165, 1.54) is 30.3 Å². The Kier molecular flexibility index (Phi) is 7.80. The third-order valence-corrected chi connectivity index (χ3v) is 9.74. The Labute approximate surface area is 242 Å². The zero-order valence-corrected chi connectivity index (χ0v) is 24.3. The monoisotopic (exact) mass is 603 g/mol. The van der Waals surface area contributed by atoms with E-state index in [1.54, 1.807) is 56.3 Å². The van der Waals surface area contributed by atoms with Crippen molar-refractivity contribution < 1.29 is 21.8 Å². The van der Waals surface area contributed by atoms with Gasteiger partial charge in [0, 0.05) is 24.2 Å². The number of hydrogen-bond acceptors (Lipinski definition) is 10. The van der Waals surface area contributed by atoms with Crippen LogP contribution in [0.1, 0.15) is 34.2 Å². The van der Waals surface area contributed by atoms with Gasteiger partial charge in [-0.1, -0.05) is 30.3 Å². The molecule has 2 heterocycles. The van der Waals surface area contributed by atoms with Crippen molar-refractivity contribution in [2.24, 2.45) is 0 Å². The third kappa shape index (κ3) is 6.47. The van der Waals surface area contributed by atoms with E-state index in [0.717, 1.165) is 6.07 Å². The fourth-order valence-electron chi connectivity index (χ4n) is 4.54. The van der Waals surface area contributed by atoms with Gasteiger partial charge in [-0.05, 0) is 55.8 Å². The van der Waals surface area contributed by atoms with Crippen LogP contribution in [0.4, 0.5) is 5.69 Å². The summed E-state index contributed by atoms with van der Waals surface area (Å²) in [5.41, 5.74) is 3.12. The topological polar surface area (TPSA) is 163 Å². The molecule has 0 atom stereocenters. The number of aryl methyl sites for hydroxylation is 2. The number of nitro groups is 1. The van der Waals surface area contributed by atoms with Crippen LogP contribution in [0.3, 0.4) is 0 Å². The van der Waals surface area contributed by atoms with E-state index in [0.29, 0.717) is 39.5 Å². The van der Waals surface area contributed by atoms with Crippen molar-refractivity contribution >= 4 is 36.4 Å². The molecule has 5 rings (SSSR count). The molecule has 3 aromatic carbocycles. The van der Waals surface area contributed by atoms with E-state index in [-0.39, 0.29) is 33.3 Å². The zero-order valence-electron chi connectivity index (χ0n) is 22.6. The van der Waals surface area contributed by atoms with Gasteiger partial charge in [0.25, 0.3) is 5.69 Å². The maximum Gasteiger partial charge on any atom is 0.270 e. The van der Waals surface area contributed by atoms with Gasteiger partial charge in [0.2, 0.25) is 0 Å². The summed E-state index contributed by atoms with van der Waals surface area (Å²) in [6.45, 7) is 3.48. The average Bonchev–Trinajstić information content (AvgIpc) is 2.93. The van der Waals surface area contributed by atoms with Crippen LogP contribution >= 0.6 is 0 Å². The van der Waals surface area contributed by atoms with Crippen molar-refractivity contribution in [2.75, 3.05) is 0 Å². The van der Waals surface area contributed by atoms with E-state index < -0.39 is 30.4 Å². The molecule has 0 unspecified atom stereocenters. The number of fused-ring (bicyclic) bond motifs is 1. The van der Waals surface area contributed by atoms with E-state index in [4.69, 9.17) is 0 Å². The van der Waals surface area contributed by atoms with Crippen molar-refractivity contribution in [3.63, 3.8) is 0 Å². The minimum Gasteiger partial charge on any atom is -0.258 e. The Morgan fingerprint density at radius 3 is 1.98 bits per heavy atom. The van der Waals surface area contributed by atoms with Crippen LogP contribution in [-0.4, -0.2) is 41.7 Å². The highest BCUT2D eigenvalue weighted by Crippen LogP contribution is 2.25. The van der Waals surface area contributed by atoms with Crippen LogP contribution < -0.4 is 0 Å². The van der Waals surface area contributed by atoms with Crippen molar-refractivity contribution in [3.05, 3.63) is 123 Å². The van der Waals surface area contributed by atoms with Crippen LogP contribution in [0.15, 0.2) is 88.7 Å². The molecule has 0 aliphatic carbocycles. The van der Waals surface area contributed by atoms with Gasteiger partial charge in [0.05, 0.1) is 54.3 Å².